The Kier molecular flexibility index (Phi) is 6.74. The van der Waals surface area contributed by atoms with E-state index in [4.69, 9.17) is 14.2 Å². The van der Waals surface area contributed by atoms with Crippen molar-refractivity contribution in [2.45, 2.75) is 20.4 Å². The summed E-state index contributed by atoms with van der Waals surface area (Å²) in [6.07, 6.45) is 0. The highest BCUT2D eigenvalue weighted by Gasteiger charge is 2.07. The summed E-state index contributed by atoms with van der Waals surface area (Å²) < 4.78 is 15.7. The minimum atomic E-state index is -0.144. The average Bonchev–Trinajstić information content (AvgIpc) is 2.40. The van der Waals surface area contributed by atoms with Gasteiger partial charge in [0, 0.05) is 13.7 Å². The maximum Gasteiger partial charge on any atom is 0.246 e. The van der Waals surface area contributed by atoms with Gasteiger partial charge >= 0.3 is 0 Å². The Morgan fingerprint density at radius 2 is 1.84 bits per heavy atom. The number of hydrogen-bond donors (Lipinski definition) is 1. The molecule has 0 saturated carbocycles. The highest BCUT2D eigenvalue weighted by atomic mass is 16.5. The maximum absolute atomic E-state index is 11.3. The summed E-state index contributed by atoms with van der Waals surface area (Å²) >= 11 is 0. The standard InChI is InChI=1S/C14H21NO4/c1-4-18-12-7-6-11(8-13(12)19-5-2)9-15-14(16)10-17-3/h6-8H,4-5,9-10H2,1-3H3,(H,15,16). The number of ether oxygens (including phenoxy) is 3. The van der Waals surface area contributed by atoms with E-state index in [2.05, 4.69) is 5.32 Å². The van der Waals surface area contributed by atoms with E-state index < -0.39 is 0 Å². The normalized spacial score (nSPS) is 10.1. The number of hydrogen-bond acceptors (Lipinski definition) is 4. The molecule has 0 atom stereocenters. The van der Waals surface area contributed by atoms with Crippen LogP contribution >= 0.6 is 0 Å². The third kappa shape index (κ3) is 5.18. The van der Waals surface area contributed by atoms with E-state index in [9.17, 15) is 4.79 Å². The number of carbonyl (C=O) groups excluding carboxylic acids is 1. The molecule has 0 saturated heterocycles. The molecule has 1 N–H and O–H groups in total. The zero-order valence-corrected chi connectivity index (χ0v) is 11.7. The minimum absolute atomic E-state index is 0.0648. The van der Waals surface area contributed by atoms with Crippen LogP contribution in [0.3, 0.4) is 0 Å². The van der Waals surface area contributed by atoms with Crippen molar-refractivity contribution in [3.05, 3.63) is 23.8 Å². The topological polar surface area (TPSA) is 56.8 Å². The van der Waals surface area contributed by atoms with Crippen molar-refractivity contribution in [1.82, 2.24) is 5.32 Å². The Morgan fingerprint density at radius 3 is 2.47 bits per heavy atom. The second-order valence-corrected chi connectivity index (χ2v) is 3.86. The van der Waals surface area contributed by atoms with Crippen LogP contribution in [0.15, 0.2) is 18.2 Å². The predicted octanol–water partition coefficient (Wildman–Crippen LogP) is 1.75. The van der Waals surface area contributed by atoms with E-state index in [1.54, 1.807) is 0 Å². The largest absolute Gasteiger partial charge is 0.490 e. The monoisotopic (exact) mass is 267 g/mol. The van der Waals surface area contributed by atoms with Crippen LogP contribution in [0.25, 0.3) is 0 Å². The van der Waals surface area contributed by atoms with Crippen molar-refractivity contribution in [1.29, 1.82) is 0 Å². The Bertz CT molecular complexity index is 406. The van der Waals surface area contributed by atoms with Gasteiger partial charge in [0.2, 0.25) is 5.91 Å². The molecule has 19 heavy (non-hydrogen) atoms. The fourth-order valence-electron chi connectivity index (χ4n) is 1.59. The minimum Gasteiger partial charge on any atom is -0.490 e. The summed E-state index contributed by atoms with van der Waals surface area (Å²) in [5, 5.41) is 2.76. The first-order valence-corrected chi connectivity index (χ1v) is 6.35. The Balaban J connectivity index is 2.69. The Hall–Kier alpha value is -1.75. The third-order valence-electron chi connectivity index (χ3n) is 2.37. The molecule has 0 radical (unpaired) electrons. The first-order chi connectivity index (χ1) is 9.21. The molecule has 1 rings (SSSR count). The smallest absolute Gasteiger partial charge is 0.246 e. The molecule has 0 fully saturated rings. The molecular weight excluding hydrogens is 246 g/mol. The number of nitrogens with one attached hydrogen (secondary N) is 1. The molecular formula is C14H21NO4. The SMILES string of the molecule is CCOc1ccc(CNC(=O)COC)cc1OCC. The van der Waals surface area contributed by atoms with Crippen LogP contribution in [0.5, 0.6) is 11.5 Å². The zero-order chi connectivity index (χ0) is 14.1. The molecule has 1 aromatic carbocycles. The number of carbonyl (C=O) groups is 1. The van der Waals surface area contributed by atoms with Gasteiger partial charge < -0.3 is 19.5 Å². The van der Waals surface area contributed by atoms with E-state index in [1.807, 2.05) is 32.0 Å². The van der Waals surface area contributed by atoms with Gasteiger partial charge in [0.15, 0.2) is 11.5 Å². The van der Waals surface area contributed by atoms with Crippen LogP contribution in [0, 0.1) is 0 Å². The van der Waals surface area contributed by atoms with E-state index in [0.29, 0.717) is 25.5 Å². The van der Waals surface area contributed by atoms with Gasteiger partial charge in [-0.25, -0.2) is 0 Å². The predicted molar refractivity (Wildman–Crippen MR) is 72.5 cm³/mol. The van der Waals surface area contributed by atoms with E-state index in [-0.39, 0.29) is 12.5 Å². The van der Waals surface area contributed by atoms with Crippen molar-refractivity contribution < 1.29 is 19.0 Å². The molecule has 5 nitrogen and oxygen atoms in total. The molecule has 0 aliphatic carbocycles. The lowest BCUT2D eigenvalue weighted by atomic mass is 10.2. The van der Waals surface area contributed by atoms with Gasteiger partial charge in [0.05, 0.1) is 13.2 Å². The molecule has 0 heterocycles. The van der Waals surface area contributed by atoms with Gasteiger partial charge in [-0.1, -0.05) is 6.07 Å². The first kappa shape index (κ1) is 15.3. The fourth-order valence-corrected chi connectivity index (χ4v) is 1.59. The van der Waals surface area contributed by atoms with Crippen molar-refractivity contribution in [2.75, 3.05) is 26.9 Å². The summed E-state index contributed by atoms with van der Waals surface area (Å²) in [5.41, 5.74) is 0.955. The Labute approximate surface area is 113 Å². The van der Waals surface area contributed by atoms with Gasteiger partial charge in [-0.15, -0.1) is 0 Å². The number of benzene rings is 1. The van der Waals surface area contributed by atoms with Gasteiger partial charge in [-0.2, -0.15) is 0 Å². The summed E-state index contributed by atoms with van der Waals surface area (Å²) in [4.78, 5) is 11.3. The van der Waals surface area contributed by atoms with Crippen LogP contribution in [-0.2, 0) is 16.1 Å². The molecule has 0 aromatic heterocycles. The highest BCUT2D eigenvalue weighted by molar-refractivity contribution is 5.77. The summed E-state index contributed by atoms with van der Waals surface area (Å²) in [7, 11) is 1.49. The van der Waals surface area contributed by atoms with Gasteiger partial charge in [-0.05, 0) is 31.5 Å². The summed E-state index contributed by atoms with van der Waals surface area (Å²) in [6, 6.07) is 5.63. The zero-order valence-electron chi connectivity index (χ0n) is 11.7. The second-order valence-electron chi connectivity index (χ2n) is 3.86. The van der Waals surface area contributed by atoms with Crippen LogP contribution < -0.4 is 14.8 Å². The highest BCUT2D eigenvalue weighted by Crippen LogP contribution is 2.28. The van der Waals surface area contributed by atoms with Crippen molar-refractivity contribution in [3.8, 4) is 11.5 Å². The van der Waals surface area contributed by atoms with Crippen LogP contribution in [0.2, 0.25) is 0 Å². The average molecular weight is 267 g/mol. The van der Waals surface area contributed by atoms with Crippen LogP contribution in [-0.4, -0.2) is 32.8 Å². The fraction of sp³-hybridized carbons (Fsp3) is 0.500. The maximum atomic E-state index is 11.3. The van der Waals surface area contributed by atoms with Gasteiger partial charge in [0.1, 0.15) is 6.61 Å². The molecule has 0 aliphatic rings. The molecule has 1 aromatic rings. The summed E-state index contributed by atoms with van der Waals surface area (Å²) in [6.45, 7) is 5.50. The molecule has 5 heteroatoms. The van der Waals surface area contributed by atoms with E-state index >= 15 is 0 Å². The quantitative estimate of drug-likeness (QED) is 0.779. The molecule has 0 spiro atoms. The second kappa shape index (κ2) is 8.37. The number of rotatable bonds is 8. The first-order valence-electron chi connectivity index (χ1n) is 6.35. The third-order valence-corrected chi connectivity index (χ3v) is 2.37. The van der Waals surface area contributed by atoms with Crippen molar-refractivity contribution in [3.63, 3.8) is 0 Å². The van der Waals surface area contributed by atoms with Gasteiger partial charge in [0.25, 0.3) is 0 Å². The van der Waals surface area contributed by atoms with Gasteiger partial charge in [-0.3, -0.25) is 4.79 Å². The molecule has 106 valence electrons. The number of amides is 1. The molecule has 0 unspecified atom stereocenters. The van der Waals surface area contributed by atoms with Crippen LogP contribution in [0.1, 0.15) is 19.4 Å². The van der Waals surface area contributed by atoms with Crippen LogP contribution in [0.4, 0.5) is 0 Å². The Morgan fingerprint density at radius 1 is 1.16 bits per heavy atom. The van der Waals surface area contributed by atoms with Crippen molar-refractivity contribution in [2.24, 2.45) is 0 Å². The lowest BCUT2D eigenvalue weighted by Crippen LogP contribution is -2.26. The van der Waals surface area contributed by atoms with E-state index in [0.717, 1.165) is 11.3 Å². The molecule has 0 aliphatic heterocycles. The van der Waals surface area contributed by atoms with Crippen molar-refractivity contribution >= 4 is 5.91 Å². The number of methoxy groups -OCH3 is 1. The molecule has 0 bridgehead atoms. The van der Waals surface area contributed by atoms with E-state index in [1.165, 1.54) is 7.11 Å². The lowest BCUT2D eigenvalue weighted by Gasteiger charge is -2.12. The molecule has 1 amide bonds. The summed E-state index contributed by atoms with van der Waals surface area (Å²) in [5.74, 6) is 1.27. The lowest BCUT2D eigenvalue weighted by molar-refractivity contribution is -0.124.